The van der Waals surface area contributed by atoms with E-state index < -0.39 is 5.97 Å². The van der Waals surface area contributed by atoms with E-state index in [2.05, 4.69) is 35.2 Å². The van der Waals surface area contributed by atoms with Crippen molar-refractivity contribution in [1.82, 2.24) is 4.90 Å². The smallest absolute Gasteiger partial charge is 0.303 e. The molecule has 1 N–H and O–H groups in total. The summed E-state index contributed by atoms with van der Waals surface area (Å²) in [6.07, 6.45) is 4.60. The van der Waals surface area contributed by atoms with Gasteiger partial charge in [-0.3, -0.25) is 4.79 Å². The molecule has 104 valence electrons. The van der Waals surface area contributed by atoms with Crippen LogP contribution in [0.1, 0.15) is 31.2 Å². The zero-order valence-electron chi connectivity index (χ0n) is 11.4. The van der Waals surface area contributed by atoms with E-state index in [4.69, 9.17) is 5.11 Å². The standard InChI is InChI=1S/C16H23NO2/c18-16(19)7-6-15-9-12-17(13-10-15)11-8-14-4-2-1-3-5-14/h1-5,15H,6-13H2,(H,18,19). The molecule has 0 bridgehead atoms. The molecule has 3 heteroatoms. The maximum absolute atomic E-state index is 10.6. The van der Waals surface area contributed by atoms with Gasteiger partial charge in [-0.2, -0.15) is 0 Å². The van der Waals surface area contributed by atoms with E-state index in [0.29, 0.717) is 12.3 Å². The summed E-state index contributed by atoms with van der Waals surface area (Å²) in [6, 6.07) is 10.6. The first-order valence-electron chi connectivity index (χ1n) is 7.22. The Balaban J connectivity index is 1.65. The molecular formula is C16H23NO2. The van der Waals surface area contributed by atoms with Crippen molar-refractivity contribution < 1.29 is 9.90 Å². The largest absolute Gasteiger partial charge is 0.481 e. The third-order valence-electron chi connectivity index (χ3n) is 4.03. The number of carbonyl (C=O) groups is 1. The topological polar surface area (TPSA) is 40.5 Å². The van der Waals surface area contributed by atoms with Crippen LogP contribution in [0.25, 0.3) is 0 Å². The molecule has 0 atom stereocenters. The van der Waals surface area contributed by atoms with Gasteiger partial charge in [0, 0.05) is 13.0 Å². The van der Waals surface area contributed by atoms with E-state index in [1.54, 1.807) is 0 Å². The van der Waals surface area contributed by atoms with Crippen LogP contribution in [0.5, 0.6) is 0 Å². The van der Waals surface area contributed by atoms with Crippen LogP contribution in [0.2, 0.25) is 0 Å². The van der Waals surface area contributed by atoms with Crippen molar-refractivity contribution in [1.29, 1.82) is 0 Å². The molecule has 0 amide bonds. The SMILES string of the molecule is O=C(O)CCC1CCN(CCc2ccccc2)CC1. The molecule has 0 aliphatic carbocycles. The molecule has 0 spiro atoms. The highest BCUT2D eigenvalue weighted by Gasteiger charge is 2.19. The fraction of sp³-hybridized carbons (Fsp3) is 0.562. The van der Waals surface area contributed by atoms with Crippen LogP contribution in [0, 0.1) is 5.92 Å². The van der Waals surface area contributed by atoms with Crippen molar-refractivity contribution in [3.8, 4) is 0 Å². The first kappa shape index (κ1) is 14.1. The van der Waals surface area contributed by atoms with E-state index in [1.165, 1.54) is 5.56 Å². The fourth-order valence-corrected chi connectivity index (χ4v) is 2.76. The second kappa shape index (κ2) is 7.29. The highest BCUT2D eigenvalue weighted by molar-refractivity contribution is 5.66. The Hall–Kier alpha value is -1.35. The number of benzene rings is 1. The fourth-order valence-electron chi connectivity index (χ4n) is 2.76. The molecule has 1 saturated heterocycles. The van der Waals surface area contributed by atoms with Gasteiger partial charge in [-0.25, -0.2) is 0 Å². The third kappa shape index (κ3) is 5.03. The number of piperidine rings is 1. The second-order valence-corrected chi connectivity index (χ2v) is 5.45. The summed E-state index contributed by atoms with van der Waals surface area (Å²) in [5, 5.41) is 8.70. The van der Waals surface area contributed by atoms with Gasteiger partial charge in [-0.15, -0.1) is 0 Å². The van der Waals surface area contributed by atoms with E-state index in [0.717, 1.165) is 45.3 Å². The van der Waals surface area contributed by atoms with E-state index in [9.17, 15) is 4.79 Å². The van der Waals surface area contributed by atoms with Crippen molar-refractivity contribution in [2.45, 2.75) is 32.1 Å². The van der Waals surface area contributed by atoms with Crippen molar-refractivity contribution >= 4 is 5.97 Å². The summed E-state index contributed by atoms with van der Waals surface area (Å²) in [5.41, 5.74) is 1.40. The molecule has 1 aliphatic rings. The van der Waals surface area contributed by atoms with Gasteiger partial charge >= 0.3 is 5.97 Å². The Kier molecular flexibility index (Phi) is 5.40. The molecule has 0 aromatic heterocycles. The number of hydrogen-bond donors (Lipinski definition) is 1. The summed E-state index contributed by atoms with van der Waals surface area (Å²) in [6.45, 7) is 3.36. The van der Waals surface area contributed by atoms with Crippen molar-refractivity contribution in [2.24, 2.45) is 5.92 Å². The molecule has 3 nitrogen and oxygen atoms in total. The Morgan fingerprint density at radius 2 is 1.89 bits per heavy atom. The highest BCUT2D eigenvalue weighted by atomic mass is 16.4. The average Bonchev–Trinajstić information content (AvgIpc) is 2.45. The van der Waals surface area contributed by atoms with Crippen molar-refractivity contribution in [3.63, 3.8) is 0 Å². The minimum atomic E-state index is -0.661. The van der Waals surface area contributed by atoms with Gasteiger partial charge in [-0.1, -0.05) is 30.3 Å². The number of nitrogens with zero attached hydrogens (tertiary/aromatic N) is 1. The molecule has 1 aromatic carbocycles. The minimum absolute atomic E-state index is 0.328. The van der Waals surface area contributed by atoms with E-state index in [1.807, 2.05) is 0 Å². The lowest BCUT2D eigenvalue weighted by molar-refractivity contribution is -0.137. The van der Waals surface area contributed by atoms with Gasteiger partial charge in [0.2, 0.25) is 0 Å². The number of rotatable bonds is 6. The Morgan fingerprint density at radius 1 is 1.21 bits per heavy atom. The quantitative estimate of drug-likeness (QED) is 0.856. The van der Waals surface area contributed by atoms with Crippen LogP contribution >= 0.6 is 0 Å². The van der Waals surface area contributed by atoms with Crippen LogP contribution in [-0.2, 0) is 11.2 Å². The van der Waals surface area contributed by atoms with Crippen LogP contribution < -0.4 is 0 Å². The molecule has 0 saturated carbocycles. The van der Waals surface area contributed by atoms with Crippen molar-refractivity contribution in [2.75, 3.05) is 19.6 Å². The lowest BCUT2D eigenvalue weighted by Crippen LogP contribution is -2.35. The second-order valence-electron chi connectivity index (χ2n) is 5.45. The van der Waals surface area contributed by atoms with Crippen LogP contribution in [-0.4, -0.2) is 35.6 Å². The molecular weight excluding hydrogens is 238 g/mol. The highest BCUT2D eigenvalue weighted by Crippen LogP contribution is 2.21. The van der Waals surface area contributed by atoms with Crippen LogP contribution in [0.15, 0.2) is 30.3 Å². The summed E-state index contributed by atoms with van der Waals surface area (Å²) in [7, 11) is 0. The lowest BCUT2D eigenvalue weighted by Gasteiger charge is -2.31. The summed E-state index contributed by atoms with van der Waals surface area (Å²) >= 11 is 0. The lowest BCUT2D eigenvalue weighted by atomic mass is 9.92. The van der Waals surface area contributed by atoms with Gasteiger partial charge in [0.1, 0.15) is 0 Å². The summed E-state index contributed by atoms with van der Waals surface area (Å²) in [4.78, 5) is 13.1. The Morgan fingerprint density at radius 3 is 2.53 bits per heavy atom. The molecule has 19 heavy (non-hydrogen) atoms. The number of likely N-dealkylation sites (tertiary alicyclic amines) is 1. The van der Waals surface area contributed by atoms with E-state index >= 15 is 0 Å². The molecule has 1 aromatic rings. The Labute approximate surface area is 115 Å². The molecule has 1 fully saturated rings. The van der Waals surface area contributed by atoms with Gasteiger partial charge in [0.25, 0.3) is 0 Å². The maximum Gasteiger partial charge on any atom is 0.303 e. The molecule has 2 rings (SSSR count). The predicted molar refractivity (Wildman–Crippen MR) is 76.2 cm³/mol. The predicted octanol–water partition coefficient (Wildman–Crippen LogP) is 2.81. The number of carboxylic acid groups (broad SMARTS) is 1. The van der Waals surface area contributed by atoms with Crippen molar-refractivity contribution in [3.05, 3.63) is 35.9 Å². The minimum Gasteiger partial charge on any atom is -0.481 e. The Bertz CT molecular complexity index is 383. The average molecular weight is 261 g/mol. The van der Waals surface area contributed by atoms with Crippen LogP contribution in [0.4, 0.5) is 0 Å². The van der Waals surface area contributed by atoms with Gasteiger partial charge in [0.05, 0.1) is 0 Å². The first-order valence-corrected chi connectivity index (χ1v) is 7.22. The van der Waals surface area contributed by atoms with Crippen LogP contribution in [0.3, 0.4) is 0 Å². The van der Waals surface area contributed by atoms with Gasteiger partial charge in [-0.05, 0) is 50.3 Å². The van der Waals surface area contributed by atoms with Gasteiger partial charge < -0.3 is 10.0 Å². The molecule has 1 heterocycles. The first-order chi connectivity index (χ1) is 9.24. The summed E-state index contributed by atoms with van der Waals surface area (Å²) in [5.74, 6) is -0.0458. The number of carboxylic acids is 1. The molecule has 1 aliphatic heterocycles. The van der Waals surface area contributed by atoms with E-state index in [-0.39, 0.29) is 0 Å². The molecule has 0 radical (unpaired) electrons. The number of aliphatic carboxylic acids is 1. The zero-order chi connectivity index (χ0) is 13.5. The molecule has 0 unspecified atom stereocenters. The normalized spacial score (nSPS) is 17.5. The number of hydrogen-bond acceptors (Lipinski definition) is 2. The zero-order valence-corrected chi connectivity index (χ0v) is 11.4. The summed E-state index contributed by atoms with van der Waals surface area (Å²) < 4.78 is 0. The van der Waals surface area contributed by atoms with Gasteiger partial charge in [0.15, 0.2) is 0 Å². The third-order valence-corrected chi connectivity index (χ3v) is 4.03. The maximum atomic E-state index is 10.6. The monoisotopic (exact) mass is 261 g/mol.